The monoisotopic (exact) mass is 873 g/mol. The predicted octanol–water partition coefficient (Wildman–Crippen LogP) is 17.0. The number of benzene rings is 10. The molecule has 0 aliphatic carbocycles. The summed E-state index contributed by atoms with van der Waals surface area (Å²) < 4.78 is 12.0. The normalized spacial score (nSPS) is 11.8. The molecule has 0 N–H and O–H groups in total. The number of oxazole rings is 2. The third-order valence-electron chi connectivity index (χ3n) is 12.7. The summed E-state index contributed by atoms with van der Waals surface area (Å²) in [7, 11) is 0. The molecule has 0 saturated heterocycles. The van der Waals surface area contributed by atoms with Gasteiger partial charge in [0.25, 0.3) is 0 Å². The molecule has 0 saturated carbocycles. The van der Waals surface area contributed by atoms with E-state index < -0.39 is 0 Å². The van der Waals surface area contributed by atoms with E-state index in [4.69, 9.17) is 8.83 Å². The summed E-state index contributed by atoms with van der Waals surface area (Å²) in [6, 6.07) is 89.6. The Morgan fingerprint density at radius 3 is 0.956 bits per heavy atom. The molecule has 10 aromatic carbocycles. The maximum atomic E-state index is 6.02. The van der Waals surface area contributed by atoms with Gasteiger partial charge in [0, 0.05) is 34.1 Å². The van der Waals surface area contributed by atoms with Gasteiger partial charge in [0.15, 0.2) is 11.2 Å². The number of hydrogen-bond donors (Lipinski definition) is 0. The van der Waals surface area contributed by atoms with Crippen LogP contribution in [-0.2, 0) is 0 Å². The first kappa shape index (κ1) is 40.4. The Hall–Kier alpha value is -9.06. The Labute approximate surface area is 394 Å². The average Bonchev–Trinajstić information content (AvgIpc) is 4.06. The van der Waals surface area contributed by atoms with E-state index in [1.165, 1.54) is 22.3 Å². The van der Waals surface area contributed by atoms with Crippen molar-refractivity contribution < 1.29 is 8.83 Å². The Kier molecular flexibility index (Phi) is 10.5. The minimum Gasteiger partial charge on any atom is -0.436 e. The lowest BCUT2D eigenvalue weighted by Gasteiger charge is -2.26. The molecular weight excluding hydrogens is 831 g/mol. The van der Waals surface area contributed by atoms with Gasteiger partial charge in [-0.25, -0.2) is 9.97 Å². The van der Waals surface area contributed by atoms with Crippen molar-refractivity contribution in [2.75, 3.05) is 4.90 Å². The summed E-state index contributed by atoms with van der Waals surface area (Å²) in [6.07, 6.45) is 0. The molecule has 5 nitrogen and oxygen atoms in total. The lowest BCUT2D eigenvalue weighted by molar-refractivity contribution is 0.619. The SMILES string of the molecule is c1ccc(C(c2ccc(-c3ccc(-c4nc5ccccc5o4)cc3)cc2)c2ccc(-c3ccc(N(c4ccccc4)c4ccc(-c5ccc(-c6nc7ccccc7o6)cc5)cc4)cc3)cc2)cc1. The van der Waals surface area contributed by atoms with Gasteiger partial charge in [-0.3, -0.25) is 0 Å². The van der Waals surface area contributed by atoms with Gasteiger partial charge in [-0.1, -0.05) is 170 Å². The molecule has 2 aromatic heterocycles. The van der Waals surface area contributed by atoms with E-state index in [1.807, 2.05) is 48.5 Å². The van der Waals surface area contributed by atoms with Crippen molar-refractivity contribution in [1.82, 2.24) is 9.97 Å². The Morgan fingerprint density at radius 1 is 0.265 bits per heavy atom. The molecule has 1 atom stereocenters. The molecule has 0 aliphatic heterocycles. The average molecular weight is 874 g/mol. The third kappa shape index (κ3) is 8.03. The molecule has 0 aliphatic rings. The predicted molar refractivity (Wildman–Crippen MR) is 277 cm³/mol. The van der Waals surface area contributed by atoms with Gasteiger partial charge in [-0.2, -0.15) is 0 Å². The number of hydrogen-bond acceptors (Lipinski definition) is 5. The molecule has 0 fully saturated rings. The van der Waals surface area contributed by atoms with Gasteiger partial charge < -0.3 is 13.7 Å². The lowest BCUT2D eigenvalue weighted by atomic mass is 9.84. The van der Waals surface area contributed by atoms with Crippen molar-refractivity contribution >= 4 is 39.3 Å². The Balaban J connectivity index is 0.775. The quantitative estimate of drug-likeness (QED) is 0.121. The maximum absolute atomic E-state index is 6.02. The van der Waals surface area contributed by atoms with Gasteiger partial charge in [0.2, 0.25) is 11.8 Å². The van der Waals surface area contributed by atoms with Crippen LogP contribution in [0.4, 0.5) is 17.1 Å². The standard InChI is InChI=1S/C63H43N3O2/c1-3-11-49(12-4-1)61(50-27-19-43(20-28-50)45-23-31-52(32-24-45)62-64-57-15-7-9-17-59(57)67-62)51-29-21-44(22-30-51)47-35-39-55(40-36-47)66(54-13-5-2-6-14-54)56-41-37-48(38-42-56)46-25-33-53(34-26-46)63-65-58-16-8-10-18-60(58)68-63/h1-42,61H. The number of nitrogens with zero attached hydrogens (tertiary/aromatic N) is 3. The fourth-order valence-corrected chi connectivity index (χ4v) is 9.19. The summed E-state index contributed by atoms with van der Waals surface area (Å²) >= 11 is 0. The van der Waals surface area contributed by atoms with E-state index in [0.29, 0.717) is 11.8 Å². The van der Waals surface area contributed by atoms with Gasteiger partial charge in [0.05, 0.1) is 0 Å². The molecular formula is C63H43N3O2. The summed E-state index contributed by atoms with van der Waals surface area (Å²) in [4.78, 5) is 11.7. The molecule has 0 bridgehead atoms. The molecule has 5 heteroatoms. The number of aromatic nitrogens is 2. The van der Waals surface area contributed by atoms with Crippen LogP contribution in [0.2, 0.25) is 0 Å². The van der Waals surface area contributed by atoms with E-state index in [-0.39, 0.29) is 5.92 Å². The lowest BCUT2D eigenvalue weighted by Crippen LogP contribution is -2.09. The number of fused-ring (bicyclic) bond motifs is 2. The highest BCUT2D eigenvalue weighted by molar-refractivity contribution is 5.81. The summed E-state index contributed by atoms with van der Waals surface area (Å²) in [6.45, 7) is 0. The maximum Gasteiger partial charge on any atom is 0.227 e. The largest absolute Gasteiger partial charge is 0.436 e. The topological polar surface area (TPSA) is 55.3 Å². The molecule has 68 heavy (non-hydrogen) atoms. The molecule has 0 amide bonds. The van der Waals surface area contributed by atoms with Crippen molar-refractivity contribution in [1.29, 1.82) is 0 Å². The van der Waals surface area contributed by atoms with Crippen molar-refractivity contribution in [2.24, 2.45) is 0 Å². The molecule has 12 aromatic rings. The second-order valence-corrected chi connectivity index (χ2v) is 17.0. The van der Waals surface area contributed by atoms with Crippen LogP contribution in [-0.4, -0.2) is 9.97 Å². The van der Waals surface area contributed by atoms with Crippen LogP contribution < -0.4 is 4.90 Å². The van der Waals surface area contributed by atoms with Crippen molar-refractivity contribution in [2.45, 2.75) is 5.92 Å². The van der Waals surface area contributed by atoms with E-state index in [1.54, 1.807) is 0 Å². The number of rotatable bonds is 11. The van der Waals surface area contributed by atoms with Crippen LogP contribution in [0, 0.1) is 0 Å². The second-order valence-electron chi connectivity index (χ2n) is 17.0. The van der Waals surface area contributed by atoms with Gasteiger partial charge in [-0.15, -0.1) is 0 Å². The first-order valence-corrected chi connectivity index (χ1v) is 22.9. The first-order valence-electron chi connectivity index (χ1n) is 22.9. The van der Waals surface area contributed by atoms with Gasteiger partial charge in [-0.05, 0) is 135 Å². The Morgan fingerprint density at radius 2 is 0.559 bits per heavy atom. The number of anilines is 3. The first-order chi connectivity index (χ1) is 33.7. The van der Waals surface area contributed by atoms with E-state index >= 15 is 0 Å². The highest BCUT2D eigenvalue weighted by Crippen LogP contribution is 2.39. The molecule has 0 radical (unpaired) electrons. The molecule has 12 rings (SSSR count). The van der Waals surface area contributed by atoms with E-state index in [0.717, 1.165) is 78.2 Å². The number of para-hydroxylation sites is 5. The third-order valence-corrected chi connectivity index (χ3v) is 12.7. The van der Waals surface area contributed by atoms with Crippen LogP contribution in [0.1, 0.15) is 22.6 Å². The summed E-state index contributed by atoms with van der Waals surface area (Å²) in [5, 5.41) is 0. The molecule has 2 heterocycles. The van der Waals surface area contributed by atoms with Gasteiger partial charge >= 0.3 is 0 Å². The highest BCUT2D eigenvalue weighted by atomic mass is 16.4. The summed E-state index contributed by atoms with van der Waals surface area (Å²) in [5.74, 6) is 1.34. The fraction of sp³-hybridized carbons (Fsp3) is 0.0159. The van der Waals surface area contributed by atoms with Crippen LogP contribution >= 0.6 is 0 Å². The molecule has 0 spiro atoms. The minimum atomic E-state index is 0.0772. The van der Waals surface area contributed by atoms with Crippen LogP contribution in [0.25, 0.3) is 78.5 Å². The van der Waals surface area contributed by atoms with Crippen LogP contribution in [0.5, 0.6) is 0 Å². The van der Waals surface area contributed by atoms with E-state index in [2.05, 4.69) is 221 Å². The highest BCUT2D eigenvalue weighted by Gasteiger charge is 2.19. The zero-order chi connectivity index (χ0) is 45.2. The van der Waals surface area contributed by atoms with Crippen LogP contribution in [0.3, 0.4) is 0 Å². The summed E-state index contributed by atoms with van der Waals surface area (Å²) in [5.41, 5.74) is 19.1. The second kappa shape index (κ2) is 17.7. The van der Waals surface area contributed by atoms with Crippen molar-refractivity contribution in [3.63, 3.8) is 0 Å². The van der Waals surface area contributed by atoms with Crippen molar-refractivity contribution in [3.8, 4) is 56.3 Å². The fourth-order valence-electron chi connectivity index (χ4n) is 9.19. The van der Waals surface area contributed by atoms with Gasteiger partial charge in [0.1, 0.15) is 11.0 Å². The van der Waals surface area contributed by atoms with E-state index in [9.17, 15) is 0 Å². The Bertz CT molecular complexity index is 3310. The smallest absolute Gasteiger partial charge is 0.227 e. The zero-order valence-corrected chi connectivity index (χ0v) is 37.0. The minimum absolute atomic E-state index is 0.0772. The van der Waals surface area contributed by atoms with Crippen LogP contribution in [0.15, 0.2) is 264 Å². The molecule has 1 unspecified atom stereocenters. The zero-order valence-electron chi connectivity index (χ0n) is 37.0. The molecule has 322 valence electrons. The van der Waals surface area contributed by atoms with Crippen molar-refractivity contribution in [3.05, 3.63) is 271 Å².